The zero-order valence-corrected chi connectivity index (χ0v) is 11.8. The Morgan fingerprint density at radius 3 is 2.55 bits per heavy atom. The zero-order chi connectivity index (χ0) is 14.7. The number of nitrogens with zero attached hydrogens (tertiary/aromatic N) is 1. The summed E-state index contributed by atoms with van der Waals surface area (Å²) in [6.07, 6.45) is 1.82. The second-order valence-corrected chi connectivity index (χ2v) is 5.26. The SMILES string of the molecule is CCC1CN(C(=O)c2cc(F)cc(F)c2)CCC1NC. The first-order valence-corrected chi connectivity index (χ1v) is 6.97. The highest BCUT2D eigenvalue weighted by molar-refractivity contribution is 5.94. The predicted molar refractivity (Wildman–Crippen MR) is 73.5 cm³/mol. The van der Waals surface area contributed by atoms with Gasteiger partial charge in [-0.25, -0.2) is 8.78 Å². The average molecular weight is 282 g/mol. The van der Waals surface area contributed by atoms with Crippen LogP contribution < -0.4 is 5.32 Å². The van der Waals surface area contributed by atoms with E-state index in [0.29, 0.717) is 25.0 Å². The first-order valence-electron chi connectivity index (χ1n) is 6.97. The predicted octanol–water partition coefficient (Wildman–Crippen LogP) is 2.42. The van der Waals surface area contributed by atoms with Crippen molar-refractivity contribution < 1.29 is 13.6 Å². The molecule has 3 nitrogen and oxygen atoms in total. The van der Waals surface area contributed by atoms with Crippen molar-refractivity contribution in [3.05, 3.63) is 35.4 Å². The maximum absolute atomic E-state index is 13.2. The van der Waals surface area contributed by atoms with Crippen molar-refractivity contribution in [3.8, 4) is 0 Å². The molecule has 20 heavy (non-hydrogen) atoms. The molecule has 110 valence electrons. The molecular weight excluding hydrogens is 262 g/mol. The molecule has 1 amide bonds. The van der Waals surface area contributed by atoms with Gasteiger partial charge in [0.15, 0.2) is 0 Å². The summed E-state index contributed by atoms with van der Waals surface area (Å²) in [5.41, 5.74) is 0.0836. The van der Waals surface area contributed by atoms with Gasteiger partial charge < -0.3 is 10.2 Å². The van der Waals surface area contributed by atoms with E-state index in [9.17, 15) is 13.6 Å². The zero-order valence-electron chi connectivity index (χ0n) is 11.8. The third-order valence-electron chi connectivity index (χ3n) is 4.03. The summed E-state index contributed by atoms with van der Waals surface area (Å²) in [5, 5.41) is 3.26. The molecule has 1 fully saturated rings. The molecule has 2 atom stereocenters. The van der Waals surface area contributed by atoms with E-state index in [1.165, 1.54) is 0 Å². The van der Waals surface area contributed by atoms with Crippen LogP contribution in [0, 0.1) is 17.6 Å². The first kappa shape index (κ1) is 14.9. The average Bonchev–Trinajstić information content (AvgIpc) is 2.44. The number of carbonyl (C=O) groups excluding carboxylic acids is 1. The Hall–Kier alpha value is -1.49. The largest absolute Gasteiger partial charge is 0.338 e. The van der Waals surface area contributed by atoms with Gasteiger partial charge in [-0.05, 0) is 31.5 Å². The number of hydrogen-bond acceptors (Lipinski definition) is 2. The molecule has 1 aliphatic rings. The van der Waals surface area contributed by atoms with Crippen LogP contribution in [0.25, 0.3) is 0 Å². The van der Waals surface area contributed by atoms with Crippen molar-refractivity contribution in [2.45, 2.75) is 25.8 Å². The van der Waals surface area contributed by atoms with Crippen LogP contribution in [-0.2, 0) is 0 Å². The number of rotatable bonds is 3. The maximum atomic E-state index is 13.2. The van der Waals surface area contributed by atoms with Crippen molar-refractivity contribution in [2.75, 3.05) is 20.1 Å². The molecule has 2 unspecified atom stereocenters. The lowest BCUT2D eigenvalue weighted by Gasteiger charge is -2.38. The van der Waals surface area contributed by atoms with E-state index < -0.39 is 11.6 Å². The topological polar surface area (TPSA) is 32.3 Å². The second-order valence-electron chi connectivity index (χ2n) is 5.26. The molecule has 2 rings (SSSR count). The van der Waals surface area contributed by atoms with E-state index in [1.807, 2.05) is 7.05 Å². The van der Waals surface area contributed by atoms with Gasteiger partial charge in [0, 0.05) is 30.8 Å². The number of halogens is 2. The van der Waals surface area contributed by atoms with E-state index in [-0.39, 0.29) is 11.5 Å². The van der Waals surface area contributed by atoms with Gasteiger partial charge >= 0.3 is 0 Å². The minimum atomic E-state index is -0.717. The van der Waals surface area contributed by atoms with Crippen molar-refractivity contribution >= 4 is 5.91 Å². The molecule has 0 aliphatic carbocycles. The number of benzene rings is 1. The first-order chi connectivity index (χ1) is 9.55. The Kier molecular flexibility index (Phi) is 4.70. The summed E-state index contributed by atoms with van der Waals surface area (Å²) in [4.78, 5) is 14.0. The monoisotopic (exact) mass is 282 g/mol. The Labute approximate surface area is 118 Å². The summed E-state index contributed by atoms with van der Waals surface area (Å²) in [5.74, 6) is -1.36. The smallest absolute Gasteiger partial charge is 0.254 e. The Morgan fingerprint density at radius 1 is 1.35 bits per heavy atom. The van der Waals surface area contributed by atoms with Crippen LogP contribution in [0.3, 0.4) is 0 Å². The lowest BCUT2D eigenvalue weighted by atomic mass is 9.89. The van der Waals surface area contributed by atoms with Crippen molar-refractivity contribution in [1.82, 2.24) is 10.2 Å². The van der Waals surface area contributed by atoms with Crippen molar-refractivity contribution in [3.63, 3.8) is 0 Å². The third-order valence-corrected chi connectivity index (χ3v) is 4.03. The molecule has 0 spiro atoms. The molecule has 1 aromatic rings. The Balaban J connectivity index is 2.13. The molecule has 1 saturated heterocycles. The van der Waals surface area contributed by atoms with Crippen LogP contribution in [-0.4, -0.2) is 37.0 Å². The van der Waals surface area contributed by atoms with Gasteiger partial charge in [0.05, 0.1) is 0 Å². The minimum absolute atomic E-state index is 0.0836. The summed E-state index contributed by atoms with van der Waals surface area (Å²) < 4.78 is 26.4. The molecule has 1 heterocycles. The summed E-state index contributed by atoms with van der Waals surface area (Å²) >= 11 is 0. The minimum Gasteiger partial charge on any atom is -0.338 e. The van der Waals surface area contributed by atoms with Crippen LogP contribution in [0.2, 0.25) is 0 Å². The fourth-order valence-corrected chi connectivity index (χ4v) is 2.87. The van der Waals surface area contributed by atoms with Gasteiger partial charge in [0.25, 0.3) is 5.91 Å². The molecule has 0 bridgehead atoms. The number of carbonyl (C=O) groups is 1. The van der Waals surface area contributed by atoms with E-state index in [4.69, 9.17) is 0 Å². The van der Waals surface area contributed by atoms with Gasteiger partial charge in [-0.1, -0.05) is 13.3 Å². The van der Waals surface area contributed by atoms with E-state index >= 15 is 0 Å². The Bertz CT molecular complexity index is 473. The number of hydrogen-bond donors (Lipinski definition) is 1. The van der Waals surface area contributed by atoms with E-state index in [0.717, 1.165) is 31.0 Å². The molecule has 1 N–H and O–H groups in total. The van der Waals surface area contributed by atoms with Gasteiger partial charge in [-0.15, -0.1) is 0 Å². The van der Waals surface area contributed by atoms with Crippen LogP contribution >= 0.6 is 0 Å². The van der Waals surface area contributed by atoms with Gasteiger partial charge in [0.1, 0.15) is 11.6 Å². The van der Waals surface area contributed by atoms with Crippen LogP contribution in [0.15, 0.2) is 18.2 Å². The molecule has 1 aliphatic heterocycles. The number of piperidine rings is 1. The molecule has 0 aromatic heterocycles. The number of likely N-dealkylation sites (tertiary alicyclic amines) is 1. The van der Waals surface area contributed by atoms with E-state index in [2.05, 4.69) is 12.2 Å². The lowest BCUT2D eigenvalue weighted by Crippen LogP contribution is -2.50. The summed E-state index contributed by atoms with van der Waals surface area (Å²) in [6.45, 7) is 3.32. The number of amides is 1. The maximum Gasteiger partial charge on any atom is 0.254 e. The molecular formula is C15H20F2N2O. The van der Waals surface area contributed by atoms with Crippen LogP contribution in [0.4, 0.5) is 8.78 Å². The van der Waals surface area contributed by atoms with Gasteiger partial charge in [-0.2, -0.15) is 0 Å². The van der Waals surface area contributed by atoms with Crippen molar-refractivity contribution in [2.24, 2.45) is 5.92 Å². The highest BCUT2D eigenvalue weighted by Crippen LogP contribution is 2.22. The highest BCUT2D eigenvalue weighted by Gasteiger charge is 2.30. The van der Waals surface area contributed by atoms with E-state index in [1.54, 1.807) is 4.90 Å². The molecule has 5 heteroatoms. The van der Waals surface area contributed by atoms with Crippen molar-refractivity contribution in [1.29, 1.82) is 0 Å². The molecule has 0 saturated carbocycles. The van der Waals surface area contributed by atoms with Crippen LogP contribution in [0.5, 0.6) is 0 Å². The highest BCUT2D eigenvalue weighted by atomic mass is 19.1. The number of nitrogens with one attached hydrogen (secondary N) is 1. The summed E-state index contributed by atoms with van der Waals surface area (Å²) in [7, 11) is 1.92. The van der Waals surface area contributed by atoms with Gasteiger partial charge in [-0.3, -0.25) is 4.79 Å². The Morgan fingerprint density at radius 2 is 2.00 bits per heavy atom. The van der Waals surface area contributed by atoms with Gasteiger partial charge in [0.2, 0.25) is 0 Å². The van der Waals surface area contributed by atoms with Crippen LogP contribution in [0.1, 0.15) is 30.1 Å². The molecule has 1 aromatic carbocycles. The third kappa shape index (κ3) is 3.15. The quantitative estimate of drug-likeness (QED) is 0.923. The normalized spacial score (nSPS) is 22.9. The molecule has 0 radical (unpaired) electrons. The standard InChI is InChI=1S/C15H20F2N2O/c1-3-10-9-19(5-4-14(10)18-2)15(20)11-6-12(16)8-13(17)7-11/h6-8,10,14,18H,3-5,9H2,1-2H3. The lowest BCUT2D eigenvalue weighted by molar-refractivity contribution is 0.0630. The fourth-order valence-electron chi connectivity index (χ4n) is 2.87. The fraction of sp³-hybridized carbons (Fsp3) is 0.533. The summed E-state index contributed by atoms with van der Waals surface area (Å²) in [6, 6.07) is 3.36. The second kappa shape index (κ2) is 6.31.